The lowest BCUT2D eigenvalue weighted by molar-refractivity contribution is 0.274. The Morgan fingerprint density at radius 1 is 1.52 bits per heavy atom. The molecule has 1 unspecified atom stereocenters. The number of sulfonamides is 1. The van der Waals surface area contributed by atoms with Crippen LogP contribution in [0.1, 0.15) is 18.4 Å². The Balaban J connectivity index is 2.21. The third-order valence-electron chi connectivity index (χ3n) is 3.72. The predicted octanol–water partition coefficient (Wildman–Crippen LogP) is 1.34. The van der Waals surface area contributed by atoms with Crippen molar-refractivity contribution in [2.45, 2.75) is 30.4 Å². The molecule has 1 atom stereocenters. The van der Waals surface area contributed by atoms with Gasteiger partial charge in [0.25, 0.3) is 0 Å². The van der Waals surface area contributed by atoms with E-state index in [1.54, 1.807) is 0 Å². The van der Waals surface area contributed by atoms with Crippen molar-refractivity contribution in [1.29, 1.82) is 0 Å². The quantitative estimate of drug-likeness (QED) is 0.851. The molecule has 0 saturated carbocycles. The number of hydrogen-bond acceptors (Lipinski definition) is 4. The molecule has 0 radical (unpaired) electrons. The summed E-state index contributed by atoms with van der Waals surface area (Å²) in [7, 11) is -2.08. The monoisotopic (exact) mass is 336 g/mol. The summed E-state index contributed by atoms with van der Waals surface area (Å²) in [4.78, 5) is 1.54. The molecule has 0 aliphatic carbocycles. The van der Waals surface area contributed by atoms with E-state index in [-0.39, 0.29) is 23.2 Å². The zero-order valence-electron chi connectivity index (χ0n) is 11.6. The largest absolute Gasteiger partial charge is 0.392 e. The minimum Gasteiger partial charge on any atom is -0.392 e. The van der Waals surface area contributed by atoms with E-state index in [2.05, 4.69) is 9.62 Å². The molecule has 8 heteroatoms. The van der Waals surface area contributed by atoms with Crippen molar-refractivity contribution in [3.63, 3.8) is 0 Å². The molecule has 1 fully saturated rings. The fraction of sp³-hybridized carbons (Fsp3) is 0.538. The number of hydrogen-bond donors (Lipinski definition) is 2. The maximum Gasteiger partial charge on any atom is 0.243 e. The van der Waals surface area contributed by atoms with E-state index in [0.29, 0.717) is 0 Å². The molecule has 2 rings (SSSR count). The molecule has 21 heavy (non-hydrogen) atoms. The lowest BCUT2D eigenvalue weighted by Crippen LogP contribution is -2.38. The summed E-state index contributed by atoms with van der Waals surface area (Å²) < 4.78 is 40.9. The molecule has 1 aliphatic heterocycles. The minimum absolute atomic E-state index is 0.0683. The molecule has 0 bridgehead atoms. The zero-order valence-corrected chi connectivity index (χ0v) is 13.2. The molecule has 1 aliphatic rings. The average molecular weight is 337 g/mol. The van der Waals surface area contributed by atoms with Gasteiger partial charge >= 0.3 is 0 Å². The van der Waals surface area contributed by atoms with Crippen molar-refractivity contribution in [1.82, 2.24) is 9.62 Å². The second-order valence-electron chi connectivity index (χ2n) is 5.16. The maximum atomic E-state index is 14.1. The van der Waals surface area contributed by atoms with Crippen LogP contribution in [0, 0.1) is 5.82 Å². The van der Waals surface area contributed by atoms with Crippen molar-refractivity contribution in [2.75, 3.05) is 20.1 Å². The third-order valence-corrected chi connectivity index (χ3v) is 5.36. The van der Waals surface area contributed by atoms with Crippen molar-refractivity contribution in [3.8, 4) is 0 Å². The molecule has 118 valence electrons. The summed E-state index contributed by atoms with van der Waals surface area (Å²) >= 11 is 5.78. The van der Waals surface area contributed by atoms with Crippen molar-refractivity contribution in [2.24, 2.45) is 0 Å². The van der Waals surface area contributed by atoms with E-state index in [9.17, 15) is 12.8 Å². The van der Waals surface area contributed by atoms with Gasteiger partial charge in [-0.25, -0.2) is 17.5 Å². The number of aliphatic hydroxyl groups excluding tert-OH is 1. The first-order chi connectivity index (χ1) is 9.85. The van der Waals surface area contributed by atoms with Gasteiger partial charge in [0, 0.05) is 23.2 Å². The number of likely N-dealkylation sites (tertiary alicyclic amines) is 1. The van der Waals surface area contributed by atoms with Crippen LogP contribution in [0.25, 0.3) is 0 Å². The average Bonchev–Trinajstić information content (AvgIpc) is 2.84. The van der Waals surface area contributed by atoms with Crippen LogP contribution in [-0.2, 0) is 16.6 Å². The summed E-state index contributed by atoms with van der Waals surface area (Å²) in [6.07, 6.45) is 1.92. The van der Waals surface area contributed by atoms with Crippen LogP contribution in [0.4, 0.5) is 4.39 Å². The van der Waals surface area contributed by atoms with E-state index in [0.717, 1.165) is 25.5 Å². The van der Waals surface area contributed by atoms with E-state index < -0.39 is 27.3 Å². The fourth-order valence-electron chi connectivity index (χ4n) is 2.45. The van der Waals surface area contributed by atoms with Crippen LogP contribution < -0.4 is 4.72 Å². The Labute approximate surface area is 128 Å². The first-order valence-electron chi connectivity index (χ1n) is 6.64. The van der Waals surface area contributed by atoms with Crippen LogP contribution in [0.15, 0.2) is 17.0 Å². The van der Waals surface area contributed by atoms with Gasteiger partial charge in [0.05, 0.1) is 6.61 Å². The van der Waals surface area contributed by atoms with Crippen LogP contribution in [0.2, 0.25) is 5.02 Å². The Hall–Kier alpha value is -0.730. The van der Waals surface area contributed by atoms with Crippen LogP contribution >= 0.6 is 11.6 Å². The van der Waals surface area contributed by atoms with Gasteiger partial charge in [-0.15, -0.1) is 0 Å². The maximum absolute atomic E-state index is 14.1. The number of likely N-dealkylation sites (N-methyl/N-ethyl adjacent to an activating group) is 1. The topological polar surface area (TPSA) is 69.6 Å². The van der Waals surface area contributed by atoms with E-state index in [1.165, 1.54) is 6.07 Å². The van der Waals surface area contributed by atoms with Crippen molar-refractivity contribution in [3.05, 3.63) is 28.5 Å². The summed E-state index contributed by atoms with van der Waals surface area (Å²) in [6, 6.07) is 2.37. The van der Waals surface area contributed by atoms with E-state index >= 15 is 0 Å². The number of rotatable bonds is 5. The number of aliphatic hydroxyl groups is 1. The molecular weight excluding hydrogens is 319 g/mol. The van der Waals surface area contributed by atoms with Gasteiger partial charge in [-0.1, -0.05) is 11.6 Å². The molecule has 1 saturated heterocycles. The Bertz CT molecular complexity index is 624. The molecule has 5 nitrogen and oxygen atoms in total. The summed E-state index contributed by atoms with van der Waals surface area (Å²) in [6.45, 7) is 0.534. The highest BCUT2D eigenvalue weighted by Gasteiger charge is 2.26. The number of nitrogens with one attached hydrogen (secondary N) is 1. The van der Waals surface area contributed by atoms with Crippen molar-refractivity contribution >= 4 is 21.6 Å². The van der Waals surface area contributed by atoms with Crippen LogP contribution in [0.3, 0.4) is 0 Å². The smallest absolute Gasteiger partial charge is 0.243 e. The molecule has 1 aromatic rings. The Morgan fingerprint density at radius 3 is 2.81 bits per heavy atom. The normalized spacial score (nSPS) is 20.1. The van der Waals surface area contributed by atoms with Gasteiger partial charge in [0.15, 0.2) is 0 Å². The highest BCUT2D eigenvalue weighted by molar-refractivity contribution is 7.89. The lowest BCUT2D eigenvalue weighted by atomic mass is 10.2. The highest BCUT2D eigenvalue weighted by atomic mass is 35.5. The first-order valence-corrected chi connectivity index (χ1v) is 8.50. The van der Waals surface area contributed by atoms with Crippen molar-refractivity contribution < 1.29 is 17.9 Å². The first kappa shape index (κ1) is 16.6. The standard InChI is InChI=1S/C13H18ClFN2O3S/c1-17-4-2-3-11(17)7-16-21(19,20)12-6-10(14)5-9(8-18)13(12)15/h5-6,11,16,18H,2-4,7-8H2,1H3. The second kappa shape index (κ2) is 6.58. The van der Waals surface area contributed by atoms with Gasteiger partial charge < -0.3 is 10.0 Å². The molecule has 2 N–H and O–H groups in total. The summed E-state index contributed by atoms with van der Waals surface area (Å²) in [5.41, 5.74) is -0.138. The predicted molar refractivity (Wildman–Crippen MR) is 78.2 cm³/mol. The van der Waals surface area contributed by atoms with Gasteiger partial charge in [-0.3, -0.25) is 0 Å². The SMILES string of the molecule is CN1CCCC1CNS(=O)(=O)c1cc(Cl)cc(CO)c1F. The molecular formula is C13H18ClFN2O3S. The second-order valence-corrected chi connectivity index (χ2v) is 7.34. The van der Waals surface area contributed by atoms with Gasteiger partial charge in [-0.2, -0.15) is 0 Å². The number of benzene rings is 1. The lowest BCUT2D eigenvalue weighted by Gasteiger charge is -2.20. The highest BCUT2D eigenvalue weighted by Crippen LogP contribution is 2.24. The van der Waals surface area contributed by atoms with Crippen LogP contribution in [-0.4, -0.2) is 44.6 Å². The number of nitrogens with zero attached hydrogens (tertiary/aromatic N) is 1. The minimum atomic E-state index is -4.00. The summed E-state index contributed by atoms with van der Waals surface area (Å²) in [5, 5.41) is 9.12. The van der Waals surface area contributed by atoms with E-state index in [1.807, 2.05) is 7.05 Å². The third kappa shape index (κ3) is 3.73. The summed E-state index contributed by atoms with van der Waals surface area (Å²) in [5.74, 6) is -0.964. The molecule has 1 heterocycles. The van der Waals surface area contributed by atoms with E-state index in [4.69, 9.17) is 16.7 Å². The number of halogens is 2. The van der Waals surface area contributed by atoms with Gasteiger partial charge in [0.2, 0.25) is 10.0 Å². The molecule has 0 amide bonds. The van der Waals surface area contributed by atoms with Gasteiger partial charge in [-0.05, 0) is 38.6 Å². The molecule has 0 aromatic heterocycles. The molecule has 1 aromatic carbocycles. The fourth-order valence-corrected chi connectivity index (χ4v) is 3.97. The van der Waals surface area contributed by atoms with Gasteiger partial charge in [0.1, 0.15) is 10.7 Å². The Morgan fingerprint density at radius 2 is 2.24 bits per heavy atom. The van der Waals surface area contributed by atoms with Crippen LogP contribution in [0.5, 0.6) is 0 Å². The zero-order chi connectivity index (χ0) is 15.6. The molecule has 0 spiro atoms. The Kier molecular flexibility index (Phi) is 5.21.